The van der Waals surface area contributed by atoms with E-state index in [-0.39, 0.29) is 0 Å². The number of nitrogens with zero attached hydrogens (tertiary/aromatic N) is 1. The van der Waals surface area contributed by atoms with Crippen LogP contribution >= 0.6 is 23.4 Å². The first-order valence-electron chi connectivity index (χ1n) is 15.6. The Balaban J connectivity index is 1.21. The highest BCUT2D eigenvalue weighted by Crippen LogP contribution is 2.63. The van der Waals surface area contributed by atoms with Crippen LogP contribution in [0.3, 0.4) is 0 Å². The zero-order valence-electron chi connectivity index (χ0n) is 24.7. The standard InChI is InChI=1S/C43H26ClNS/c44-28-25-34(27-21-23-29(24-22-27)45-39-18-8-3-13-32(39)33-14-4-9-19-40(33)45)42-38(26-28)43(37-17-7-10-20-41(37)46-42)35-15-5-1-11-30(35)31-12-2-6-16-36(31)43/h1-26H. The van der Waals surface area contributed by atoms with Gasteiger partial charge in [-0.1, -0.05) is 139 Å². The lowest BCUT2D eigenvalue weighted by Gasteiger charge is -2.40. The molecule has 0 fully saturated rings. The van der Waals surface area contributed by atoms with Gasteiger partial charge in [-0.2, -0.15) is 0 Å². The maximum absolute atomic E-state index is 7.10. The monoisotopic (exact) mass is 623 g/mol. The first kappa shape index (κ1) is 26.2. The first-order chi connectivity index (χ1) is 22.7. The Hall–Kier alpha value is -5.02. The zero-order chi connectivity index (χ0) is 30.4. The van der Waals surface area contributed by atoms with Crippen LogP contribution in [0.1, 0.15) is 22.3 Å². The fourth-order valence-electron chi connectivity index (χ4n) is 8.12. The third-order valence-electron chi connectivity index (χ3n) is 9.93. The molecule has 0 radical (unpaired) electrons. The van der Waals surface area contributed by atoms with E-state index in [0.717, 1.165) is 21.8 Å². The molecule has 0 saturated heterocycles. The lowest BCUT2D eigenvalue weighted by molar-refractivity contribution is 0.723. The first-order valence-corrected chi connectivity index (χ1v) is 16.8. The van der Waals surface area contributed by atoms with E-state index in [9.17, 15) is 0 Å². The molecule has 46 heavy (non-hydrogen) atoms. The largest absolute Gasteiger partial charge is 0.309 e. The molecule has 1 nitrogen and oxygen atoms in total. The molecule has 1 aromatic heterocycles. The second kappa shape index (κ2) is 9.74. The fraction of sp³-hybridized carbons (Fsp3) is 0.0233. The van der Waals surface area contributed by atoms with E-state index >= 15 is 0 Å². The van der Waals surface area contributed by atoms with Gasteiger partial charge in [0.15, 0.2) is 0 Å². The molecule has 1 spiro atoms. The smallest absolute Gasteiger partial charge is 0.0736 e. The van der Waals surface area contributed by atoms with Gasteiger partial charge in [-0.3, -0.25) is 0 Å². The van der Waals surface area contributed by atoms with Crippen molar-refractivity contribution in [3.8, 4) is 27.9 Å². The normalized spacial score (nSPS) is 13.8. The highest BCUT2D eigenvalue weighted by molar-refractivity contribution is 7.99. The van der Waals surface area contributed by atoms with E-state index in [4.69, 9.17) is 11.6 Å². The second-order valence-corrected chi connectivity index (χ2v) is 13.7. The number of aromatic nitrogens is 1. The molecule has 0 amide bonds. The summed E-state index contributed by atoms with van der Waals surface area (Å²) in [5, 5.41) is 3.29. The summed E-state index contributed by atoms with van der Waals surface area (Å²) in [4.78, 5) is 2.55. The van der Waals surface area contributed by atoms with Crippen molar-refractivity contribution in [3.63, 3.8) is 0 Å². The lowest BCUT2D eigenvalue weighted by Crippen LogP contribution is -2.32. The number of hydrogen-bond acceptors (Lipinski definition) is 1. The van der Waals surface area contributed by atoms with E-state index in [1.165, 1.54) is 65.0 Å². The summed E-state index contributed by atoms with van der Waals surface area (Å²) >= 11 is 8.97. The van der Waals surface area contributed by atoms with Crippen LogP contribution in [0, 0.1) is 0 Å². The molecule has 0 unspecified atom stereocenters. The van der Waals surface area contributed by atoms with Crippen molar-refractivity contribution in [1.29, 1.82) is 0 Å². The fourth-order valence-corrected chi connectivity index (χ4v) is 9.65. The summed E-state index contributed by atoms with van der Waals surface area (Å²) in [6, 6.07) is 57.5. The Morgan fingerprint density at radius 2 is 1.02 bits per heavy atom. The lowest BCUT2D eigenvalue weighted by atomic mass is 9.67. The van der Waals surface area contributed by atoms with Gasteiger partial charge < -0.3 is 4.57 Å². The van der Waals surface area contributed by atoms with Crippen LogP contribution in [0.2, 0.25) is 5.02 Å². The molecule has 3 heteroatoms. The summed E-state index contributed by atoms with van der Waals surface area (Å²) < 4.78 is 2.37. The molecule has 1 aliphatic carbocycles. The average Bonchev–Trinajstić information content (AvgIpc) is 3.60. The third kappa shape index (κ3) is 3.43. The van der Waals surface area contributed by atoms with E-state index < -0.39 is 5.41 Å². The van der Waals surface area contributed by atoms with Gasteiger partial charge in [0.05, 0.1) is 16.4 Å². The molecule has 0 bridgehead atoms. The molecule has 0 atom stereocenters. The third-order valence-corrected chi connectivity index (χ3v) is 11.4. The SMILES string of the molecule is Clc1cc(-c2ccc(-n3c4ccccc4c4ccccc43)cc2)c2c(c1)C1(c3ccccc3S2)c2ccccc2-c2ccccc21. The average molecular weight is 624 g/mol. The molecule has 8 aromatic rings. The Kier molecular flexibility index (Phi) is 5.55. The molecule has 1 aliphatic heterocycles. The maximum Gasteiger partial charge on any atom is 0.0736 e. The van der Waals surface area contributed by atoms with E-state index in [0.29, 0.717) is 0 Å². The minimum Gasteiger partial charge on any atom is -0.309 e. The van der Waals surface area contributed by atoms with Crippen LogP contribution in [0.4, 0.5) is 0 Å². The molecule has 7 aromatic carbocycles. The van der Waals surface area contributed by atoms with Crippen molar-refractivity contribution >= 4 is 45.2 Å². The van der Waals surface area contributed by atoms with Crippen LogP contribution in [0.25, 0.3) is 49.7 Å². The van der Waals surface area contributed by atoms with E-state index in [2.05, 4.69) is 162 Å². The maximum atomic E-state index is 7.10. The number of halogens is 1. The van der Waals surface area contributed by atoms with Gasteiger partial charge in [-0.25, -0.2) is 0 Å². The highest BCUT2D eigenvalue weighted by Gasteiger charge is 2.50. The van der Waals surface area contributed by atoms with Crippen LogP contribution in [-0.4, -0.2) is 4.57 Å². The number of benzene rings is 7. The molecule has 0 saturated carbocycles. The van der Waals surface area contributed by atoms with Crippen molar-refractivity contribution in [1.82, 2.24) is 4.57 Å². The quantitative estimate of drug-likeness (QED) is 0.185. The Morgan fingerprint density at radius 3 is 1.67 bits per heavy atom. The predicted molar refractivity (Wildman–Crippen MR) is 193 cm³/mol. The van der Waals surface area contributed by atoms with Gasteiger partial charge in [0, 0.05) is 31.3 Å². The van der Waals surface area contributed by atoms with Gasteiger partial charge in [0.1, 0.15) is 0 Å². The molecule has 10 rings (SSSR count). The summed E-state index contributed by atoms with van der Waals surface area (Å²) in [7, 11) is 0. The minimum absolute atomic E-state index is 0.451. The Labute approximate surface area is 276 Å². The van der Waals surface area contributed by atoms with Gasteiger partial charge in [0.2, 0.25) is 0 Å². The molecular weight excluding hydrogens is 598 g/mol. The highest BCUT2D eigenvalue weighted by atomic mass is 35.5. The van der Waals surface area contributed by atoms with E-state index in [1.54, 1.807) is 0 Å². The molecule has 2 heterocycles. The number of para-hydroxylation sites is 2. The number of hydrogen-bond donors (Lipinski definition) is 0. The van der Waals surface area contributed by atoms with Crippen LogP contribution in [-0.2, 0) is 5.41 Å². The molecule has 0 N–H and O–H groups in total. The minimum atomic E-state index is -0.451. The summed E-state index contributed by atoms with van der Waals surface area (Å²) in [6.07, 6.45) is 0. The van der Waals surface area contributed by atoms with Gasteiger partial charge in [0.25, 0.3) is 0 Å². The molecule has 2 aliphatic rings. The Morgan fingerprint density at radius 1 is 0.478 bits per heavy atom. The summed E-state index contributed by atoms with van der Waals surface area (Å²) in [5.41, 5.74) is 13.2. The topological polar surface area (TPSA) is 4.93 Å². The van der Waals surface area contributed by atoms with Crippen LogP contribution in [0.15, 0.2) is 168 Å². The predicted octanol–water partition coefficient (Wildman–Crippen LogP) is 11.9. The van der Waals surface area contributed by atoms with Crippen molar-refractivity contribution in [2.24, 2.45) is 0 Å². The summed E-state index contributed by atoms with van der Waals surface area (Å²) in [6.45, 7) is 0. The van der Waals surface area contributed by atoms with Gasteiger partial charge in [-0.05, 0) is 87.0 Å². The molecule has 216 valence electrons. The van der Waals surface area contributed by atoms with E-state index in [1.807, 2.05) is 11.8 Å². The van der Waals surface area contributed by atoms with Crippen LogP contribution < -0.4 is 0 Å². The van der Waals surface area contributed by atoms with Crippen molar-refractivity contribution in [3.05, 3.63) is 185 Å². The van der Waals surface area contributed by atoms with Crippen molar-refractivity contribution < 1.29 is 0 Å². The zero-order valence-corrected chi connectivity index (χ0v) is 26.3. The van der Waals surface area contributed by atoms with Crippen LogP contribution in [0.5, 0.6) is 0 Å². The van der Waals surface area contributed by atoms with Gasteiger partial charge >= 0.3 is 0 Å². The second-order valence-electron chi connectivity index (χ2n) is 12.2. The number of fused-ring (bicyclic) bond motifs is 12. The number of rotatable bonds is 2. The van der Waals surface area contributed by atoms with Crippen molar-refractivity contribution in [2.45, 2.75) is 15.2 Å². The van der Waals surface area contributed by atoms with Gasteiger partial charge in [-0.15, -0.1) is 0 Å². The Bertz CT molecular complexity index is 2420. The summed E-state index contributed by atoms with van der Waals surface area (Å²) in [5.74, 6) is 0. The van der Waals surface area contributed by atoms with Crippen molar-refractivity contribution in [2.75, 3.05) is 0 Å². The molecular formula is C43H26ClNS.